The van der Waals surface area contributed by atoms with Gasteiger partial charge in [0.25, 0.3) is 0 Å². The van der Waals surface area contributed by atoms with Gasteiger partial charge in [0.2, 0.25) is 0 Å². The first-order valence-electron chi connectivity index (χ1n) is 6.50. The third-order valence-electron chi connectivity index (χ3n) is 2.98. The molecule has 2 aromatic carbocycles. The SMILES string of the molecule is COc1cc(OC)cc(OS(=O)(=O)c2cccc(C(F)(F)F)c2)c1. The third kappa shape index (κ3) is 4.10. The fourth-order valence-electron chi connectivity index (χ4n) is 1.83. The van der Waals surface area contributed by atoms with Gasteiger partial charge in [0.05, 0.1) is 19.8 Å². The van der Waals surface area contributed by atoms with Gasteiger partial charge in [-0.15, -0.1) is 0 Å². The zero-order chi connectivity index (χ0) is 18.0. The Morgan fingerprint density at radius 3 is 1.92 bits per heavy atom. The van der Waals surface area contributed by atoms with Gasteiger partial charge in [-0.1, -0.05) is 6.07 Å². The molecule has 0 atom stereocenters. The smallest absolute Gasteiger partial charge is 0.416 e. The number of hydrogen-bond acceptors (Lipinski definition) is 5. The summed E-state index contributed by atoms with van der Waals surface area (Å²) in [5.41, 5.74) is -1.09. The van der Waals surface area contributed by atoms with E-state index in [-0.39, 0.29) is 17.2 Å². The highest BCUT2D eigenvalue weighted by Crippen LogP contribution is 2.32. The molecular weight excluding hydrogens is 349 g/mol. The summed E-state index contributed by atoms with van der Waals surface area (Å²) in [4.78, 5) is -0.612. The molecule has 0 fully saturated rings. The standard InChI is InChI=1S/C15H13F3O5S/c1-21-11-7-12(22-2)9-13(8-11)23-24(19,20)14-5-3-4-10(6-14)15(16,17)18/h3-9H,1-2H3. The molecule has 5 nitrogen and oxygen atoms in total. The van der Waals surface area contributed by atoms with E-state index in [0.29, 0.717) is 6.07 Å². The Morgan fingerprint density at radius 1 is 0.875 bits per heavy atom. The van der Waals surface area contributed by atoms with Crippen LogP contribution in [0.3, 0.4) is 0 Å². The molecule has 24 heavy (non-hydrogen) atoms. The lowest BCUT2D eigenvalue weighted by atomic mass is 10.2. The van der Waals surface area contributed by atoms with Crippen molar-refractivity contribution in [1.82, 2.24) is 0 Å². The summed E-state index contributed by atoms with van der Waals surface area (Å²) >= 11 is 0. The molecule has 0 unspecified atom stereocenters. The van der Waals surface area contributed by atoms with E-state index in [4.69, 9.17) is 13.7 Å². The summed E-state index contributed by atoms with van der Waals surface area (Å²) in [6.45, 7) is 0. The molecule has 130 valence electrons. The molecular formula is C15H13F3O5S. The summed E-state index contributed by atoms with van der Waals surface area (Å²) < 4.78 is 77.4. The average molecular weight is 362 g/mol. The van der Waals surface area contributed by atoms with Crippen LogP contribution >= 0.6 is 0 Å². The molecule has 0 aromatic heterocycles. The van der Waals surface area contributed by atoms with Gasteiger partial charge in [0.1, 0.15) is 22.1 Å². The van der Waals surface area contributed by atoms with Gasteiger partial charge in [-0.05, 0) is 18.2 Å². The Kier molecular flexibility index (Phi) is 4.93. The highest BCUT2D eigenvalue weighted by Gasteiger charge is 2.32. The van der Waals surface area contributed by atoms with Crippen LogP contribution in [0.2, 0.25) is 0 Å². The van der Waals surface area contributed by atoms with Crippen molar-refractivity contribution in [3.8, 4) is 17.2 Å². The number of hydrogen-bond donors (Lipinski definition) is 0. The van der Waals surface area contributed by atoms with Crippen LogP contribution in [0.25, 0.3) is 0 Å². The first-order valence-corrected chi connectivity index (χ1v) is 7.91. The number of ether oxygens (including phenoxy) is 2. The maximum absolute atomic E-state index is 12.7. The summed E-state index contributed by atoms with van der Waals surface area (Å²) in [6.07, 6.45) is -4.66. The van der Waals surface area contributed by atoms with Gasteiger partial charge in [-0.25, -0.2) is 0 Å². The van der Waals surface area contributed by atoms with Crippen LogP contribution in [-0.2, 0) is 16.3 Å². The van der Waals surface area contributed by atoms with E-state index in [1.165, 1.54) is 32.4 Å². The van der Waals surface area contributed by atoms with Gasteiger partial charge >= 0.3 is 16.3 Å². The quantitative estimate of drug-likeness (QED) is 0.762. The summed E-state index contributed by atoms with van der Waals surface area (Å²) in [5.74, 6) is 0.385. The summed E-state index contributed by atoms with van der Waals surface area (Å²) in [7, 11) is -1.74. The molecule has 0 saturated carbocycles. The van der Waals surface area contributed by atoms with Crippen LogP contribution in [0.15, 0.2) is 47.4 Å². The Hall–Kier alpha value is -2.42. The van der Waals surface area contributed by atoms with Crippen molar-refractivity contribution in [2.75, 3.05) is 14.2 Å². The minimum atomic E-state index is -4.66. The molecule has 0 saturated heterocycles. The van der Waals surface area contributed by atoms with Crippen molar-refractivity contribution >= 4 is 10.1 Å². The summed E-state index contributed by atoms with van der Waals surface area (Å²) in [6, 6.07) is 7.32. The van der Waals surface area contributed by atoms with Crippen molar-refractivity contribution in [2.24, 2.45) is 0 Å². The second kappa shape index (κ2) is 6.60. The first kappa shape index (κ1) is 17.9. The second-order valence-electron chi connectivity index (χ2n) is 4.61. The van der Waals surface area contributed by atoms with E-state index in [2.05, 4.69) is 0 Å². The lowest BCUT2D eigenvalue weighted by molar-refractivity contribution is -0.137. The van der Waals surface area contributed by atoms with Crippen molar-refractivity contribution in [3.63, 3.8) is 0 Å². The van der Waals surface area contributed by atoms with E-state index < -0.39 is 26.8 Å². The highest BCUT2D eigenvalue weighted by molar-refractivity contribution is 7.87. The van der Waals surface area contributed by atoms with E-state index in [9.17, 15) is 21.6 Å². The molecule has 9 heteroatoms. The molecule has 2 rings (SSSR count). The Labute approximate surface area is 136 Å². The molecule has 0 aliphatic carbocycles. The molecule has 0 aliphatic rings. The lowest BCUT2D eigenvalue weighted by Crippen LogP contribution is -2.12. The van der Waals surface area contributed by atoms with Crippen molar-refractivity contribution in [1.29, 1.82) is 0 Å². The highest BCUT2D eigenvalue weighted by atomic mass is 32.2. The number of methoxy groups -OCH3 is 2. The zero-order valence-corrected chi connectivity index (χ0v) is 13.4. The molecule has 0 heterocycles. The first-order chi connectivity index (χ1) is 11.2. The molecule has 0 N–H and O–H groups in total. The average Bonchev–Trinajstić information content (AvgIpc) is 2.53. The molecule has 0 spiro atoms. The van der Waals surface area contributed by atoms with E-state index >= 15 is 0 Å². The molecule has 0 aliphatic heterocycles. The number of halogens is 3. The van der Waals surface area contributed by atoms with Gasteiger partial charge < -0.3 is 13.7 Å². The Morgan fingerprint density at radius 2 is 1.42 bits per heavy atom. The third-order valence-corrected chi connectivity index (χ3v) is 4.22. The van der Waals surface area contributed by atoms with Gasteiger partial charge in [-0.2, -0.15) is 21.6 Å². The van der Waals surface area contributed by atoms with Crippen LogP contribution in [0.5, 0.6) is 17.2 Å². The molecule has 0 radical (unpaired) electrons. The van der Waals surface area contributed by atoms with Crippen LogP contribution in [-0.4, -0.2) is 22.6 Å². The maximum atomic E-state index is 12.7. The largest absolute Gasteiger partial charge is 0.496 e. The number of rotatable bonds is 5. The maximum Gasteiger partial charge on any atom is 0.416 e. The molecule has 2 aromatic rings. The minimum Gasteiger partial charge on any atom is -0.496 e. The van der Waals surface area contributed by atoms with E-state index in [0.717, 1.165) is 18.2 Å². The second-order valence-corrected chi connectivity index (χ2v) is 6.16. The number of alkyl halides is 3. The van der Waals surface area contributed by atoms with Gasteiger partial charge in [0.15, 0.2) is 0 Å². The van der Waals surface area contributed by atoms with Crippen LogP contribution < -0.4 is 13.7 Å². The normalized spacial score (nSPS) is 11.9. The van der Waals surface area contributed by atoms with E-state index in [1.54, 1.807) is 0 Å². The summed E-state index contributed by atoms with van der Waals surface area (Å²) in [5, 5.41) is 0. The predicted octanol–water partition coefficient (Wildman–Crippen LogP) is 3.49. The van der Waals surface area contributed by atoms with Crippen LogP contribution in [0, 0.1) is 0 Å². The van der Waals surface area contributed by atoms with Crippen molar-refractivity contribution in [2.45, 2.75) is 11.1 Å². The minimum absolute atomic E-state index is 0.149. The van der Waals surface area contributed by atoms with Gasteiger partial charge in [0, 0.05) is 18.2 Å². The Balaban J connectivity index is 2.39. The van der Waals surface area contributed by atoms with Crippen molar-refractivity contribution < 1.29 is 35.2 Å². The predicted molar refractivity (Wildman–Crippen MR) is 78.8 cm³/mol. The zero-order valence-electron chi connectivity index (χ0n) is 12.6. The van der Waals surface area contributed by atoms with Crippen LogP contribution in [0.4, 0.5) is 13.2 Å². The van der Waals surface area contributed by atoms with Crippen LogP contribution in [0.1, 0.15) is 5.56 Å². The number of benzene rings is 2. The monoisotopic (exact) mass is 362 g/mol. The topological polar surface area (TPSA) is 61.8 Å². The lowest BCUT2D eigenvalue weighted by Gasteiger charge is -2.12. The molecule has 0 amide bonds. The van der Waals surface area contributed by atoms with Gasteiger partial charge in [-0.3, -0.25) is 0 Å². The molecule has 0 bridgehead atoms. The van der Waals surface area contributed by atoms with Crippen molar-refractivity contribution in [3.05, 3.63) is 48.0 Å². The fourth-order valence-corrected chi connectivity index (χ4v) is 2.79. The van der Waals surface area contributed by atoms with E-state index in [1.807, 2.05) is 0 Å². The fraction of sp³-hybridized carbons (Fsp3) is 0.200. The Bertz CT molecular complexity index is 809.